The average Bonchev–Trinajstić information content (AvgIpc) is 3.27. The van der Waals surface area contributed by atoms with Crippen molar-refractivity contribution in [2.45, 2.75) is 122 Å². The van der Waals surface area contributed by atoms with Gasteiger partial charge in [0.05, 0.1) is 17.2 Å². The summed E-state index contributed by atoms with van der Waals surface area (Å²) in [5.74, 6) is -0.319. The molecule has 2 heterocycles. The third-order valence-electron chi connectivity index (χ3n) is 8.04. The van der Waals surface area contributed by atoms with Gasteiger partial charge in [0.25, 0.3) is 0 Å². The van der Waals surface area contributed by atoms with Crippen LogP contribution in [0.3, 0.4) is 0 Å². The Morgan fingerprint density at radius 2 is 1.73 bits per heavy atom. The van der Waals surface area contributed by atoms with E-state index in [1.165, 1.54) is 6.42 Å². The van der Waals surface area contributed by atoms with Gasteiger partial charge in [0, 0.05) is 42.7 Å². The Morgan fingerprint density at radius 3 is 2.30 bits per heavy atom. The van der Waals surface area contributed by atoms with Crippen molar-refractivity contribution in [2.75, 3.05) is 11.4 Å². The second kappa shape index (κ2) is 12.0. The number of pyridine rings is 1. The molecule has 2 aromatic rings. The molecule has 1 saturated carbocycles. The van der Waals surface area contributed by atoms with Gasteiger partial charge in [-0.05, 0) is 69.7 Å². The van der Waals surface area contributed by atoms with Crippen LogP contribution in [-0.4, -0.2) is 46.6 Å². The third kappa shape index (κ3) is 7.29. The number of anilines is 1. The highest BCUT2D eigenvalue weighted by atomic mass is 16.5. The van der Waals surface area contributed by atoms with Gasteiger partial charge in [-0.2, -0.15) is 0 Å². The van der Waals surface area contributed by atoms with Gasteiger partial charge in [0.1, 0.15) is 6.04 Å². The van der Waals surface area contributed by atoms with Crippen LogP contribution in [0, 0.1) is 0 Å². The number of aromatic nitrogens is 1. The number of nitrogens with zero attached hydrogens (tertiary/aromatic N) is 2. The lowest BCUT2D eigenvalue weighted by Gasteiger charge is -2.38. The number of carbonyl (C=O) groups is 2. The van der Waals surface area contributed by atoms with Gasteiger partial charge >= 0.3 is 0 Å². The maximum absolute atomic E-state index is 14.7. The molecule has 4 rings (SSSR count). The van der Waals surface area contributed by atoms with Crippen LogP contribution in [0.1, 0.15) is 104 Å². The molecule has 1 aliphatic carbocycles. The first kappa shape index (κ1) is 30.2. The van der Waals surface area contributed by atoms with Crippen molar-refractivity contribution in [1.29, 1.82) is 0 Å². The number of nitrogens with one attached hydrogen (secondary N) is 2. The lowest BCUT2D eigenvalue weighted by atomic mass is 9.87. The molecular weight excluding hydrogens is 500 g/mol. The highest BCUT2D eigenvalue weighted by Gasteiger charge is 2.48. The van der Waals surface area contributed by atoms with E-state index in [1.807, 2.05) is 52.0 Å². The highest BCUT2D eigenvalue weighted by Crippen LogP contribution is 2.35. The Morgan fingerprint density at radius 1 is 1.05 bits per heavy atom. The number of hydrogen-bond donors (Lipinski definition) is 2. The van der Waals surface area contributed by atoms with Gasteiger partial charge in [0.15, 0.2) is 0 Å². The zero-order valence-corrected chi connectivity index (χ0v) is 25.4. The van der Waals surface area contributed by atoms with Crippen molar-refractivity contribution in [1.82, 2.24) is 15.6 Å². The largest absolute Gasteiger partial charge is 0.371 e. The first-order chi connectivity index (χ1) is 18.8. The van der Waals surface area contributed by atoms with Gasteiger partial charge in [-0.1, -0.05) is 58.2 Å². The summed E-state index contributed by atoms with van der Waals surface area (Å²) in [6.45, 7) is 15.1. The lowest BCUT2D eigenvalue weighted by molar-refractivity contribution is -0.130. The minimum Gasteiger partial charge on any atom is -0.371 e. The number of carbonyl (C=O) groups excluding carboxylic acids is 2. The van der Waals surface area contributed by atoms with Crippen molar-refractivity contribution in [3.8, 4) is 0 Å². The molecule has 7 nitrogen and oxygen atoms in total. The zero-order valence-electron chi connectivity index (χ0n) is 25.4. The summed E-state index contributed by atoms with van der Waals surface area (Å²) in [5.41, 5.74) is 1.29. The van der Waals surface area contributed by atoms with Gasteiger partial charge in [-0.3, -0.25) is 19.5 Å². The van der Waals surface area contributed by atoms with Crippen molar-refractivity contribution in [2.24, 2.45) is 0 Å². The summed E-state index contributed by atoms with van der Waals surface area (Å²) < 4.78 is 6.25. The van der Waals surface area contributed by atoms with Crippen LogP contribution in [0.5, 0.6) is 0 Å². The Labute approximate surface area is 240 Å². The number of benzene rings is 1. The van der Waals surface area contributed by atoms with Crippen LogP contribution >= 0.6 is 0 Å². The van der Waals surface area contributed by atoms with Crippen LogP contribution in [0.15, 0.2) is 48.8 Å². The fourth-order valence-electron chi connectivity index (χ4n) is 5.94. The van der Waals surface area contributed by atoms with Crippen molar-refractivity contribution in [3.05, 3.63) is 59.9 Å². The van der Waals surface area contributed by atoms with E-state index in [4.69, 9.17) is 4.74 Å². The van der Waals surface area contributed by atoms with Gasteiger partial charge in [-0.15, -0.1) is 0 Å². The quantitative estimate of drug-likeness (QED) is 0.454. The number of hydrogen-bond acceptors (Lipinski definition) is 5. The van der Waals surface area contributed by atoms with Gasteiger partial charge < -0.3 is 15.4 Å². The second-order valence-corrected chi connectivity index (χ2v) is 13.8. The molecule has 0 radical (unpaired) electrons. The summed E-state index contributed by atoms with van der Waals surface area (Å²) in [6, 6.07) is 11.0. The summed E-state index contributed by atoms with van der Waals surface area (Å²) in [5, 5.41) is 6.75. The van der Waals surface area contributed by atoms with Crippen molar-refractivity contribution >= 4 is 17.5 Å². The molecule has 1 unspecified atom stereocenters. The second-order valence-electron chi connectivity index (χ2n) is 13.8. The van der Waals surface area contributed by atoms with Crippen molar-refractivity contribution < 1.29 is 14.3 Å². The van der Waals surface area contributed by atoms with E-state index in [2.05, 4.69) is 48.5 Å². The summed E-state index contributed by atoms with van der Waals surface area (Å²) in [6.07, 6.45) is 9.15. The third-order valence-corrected chi connectivity index (χ3v) is 8.04. The summed E-state index contributed by atoms with van der Waals surface area (Å²) in [4.78, 5) is 34.8. The van der Waals surface area contributed by atoms with E-state index in [9.17, 15) is 9.59 Å². The molecule has 0 spiro atoms. The fraction of sp³-hybridized carbons (Fsp3) is 0.606. The van der Waals surface area contributed by atoms with Crippen LogP contribution in [0.4, 0.5) is 5.69 Å². The number of rotatable bonds is 7. The Balaban J connectivity index is 1.75. The maximum Gasteiger partial charge on any atom is 0.248 e. The SMILES string of the molecule is CC(C)(C)O[C@H]1CN[C@@](C)(C(=O)N(c2ccc(C(C)(C)C)cc2)C(C(=O)NC2CCCCC2)c2cccnc2)C1. The van der Waals surface area contributed by atoms with Crippen LogP contribution in [-0.2, 0) is 19.7 Å². The molecule has 2 fully saturated rings. The predicted octanol–water partition coefficient (Wildman–Crippen LogP) is 5.84. The van der Waals surface area contributed by atoms with E-state index in [1.54, 1.807) is 17.3 Å². The standard InChI is InChI=1S/C33H48N4O3/c1-31(2,3)24-15-17-26(18-16-24)37(30(39)33(7)20-27(22-35-33)40-32(4,5)6)28(23-12-11-19-34-21-23)29(38)36-25-13-9-8-10-14-25/h11-12,15-19,21,25,27-28,35H,8-10,13-14,20,22H2,1-7H3,(H,36,38)/t27-,28?,33-/m1/s1. The molecule has 1 aromatic carbocycles. The molecule has 1 aliphatic heterocycles. The minimum atomic E-state index is -0.899. The molecule has 0 bridgehead atoms. The topological polar surface area (TPSA) is 83.6 Å². The minimum absolute atomic E-state index is 0.0367. The average molecular weight is 549 g/mol. The lowest BCUT2D eigenvalue weighted by Crippen LogP contribution is -2.57. The molecule has 2 N–H and O–H groups in total. The van der Waals surface area contributed by atoms with Crippen LogP contribution in [0.25, 0.3) is 0 Å². The Hall–Kier alpha value is -2.77. The van der Waals surface area contributed by atoms with E-state index < -0.39 is 11.6 Å². The molecule has 2 amide bonds. The van der Waals surface area contributed by atoms with Crippen LogP contribution in [0.2, 0.25) is 0 Å². The van der Waals surface area contributed by atoms with Crippen LogP contribution < -0.4 is 15.5 Å². The zero-order chi connectivity index (χ0) is 29.1. The Kier molecular flexibility index (Phi) is 9.05. The molecule has 218 valence electrons. The molecular formula is C33H48N4O3. The molecule has 7 heteroatoms. The van der Waals surface area contributed by atoms with E-state index in [0.29, 0.717) is 24.2 Å². The normalized spacial score (nSPS) is 23.0. The molecule has 3 atom stereocenters. The molecule has 1 aromatic heterocycles. The molecule has 40 heavy (non-hydrogen) atoms. The van der Waals surface area contributed by atoms with E-state index in [-0.39, 0.29) is 35.0 Å². The van der Waals surface area contributed by atoms with Gasteiger partial charge in [-0.25, -0.2) is 0 Å². The summed E-state index contributed by atoms with van der Waals surface area (Å²) >= 11 is 0. The first-order valence-corrected chi connectivity index (χ1v) is 14.8. The maximum atomic E-state index is 14.7. The summed E-state index contributed by atoms with van der Waals surface area (Å²) in [7, 11) is 0. The number of amides is 2. The smallest absolute Gasteiger partial charge is 0.248 e. The van der Waals surface area contributed by atoms with Crippen molar-refractivity contribution in [3.63, 3.8) is 0 Å². The fourth-order valence-corrected chi connectivity index (χ4v) is 5.94. The van der Waals surface area contributed by atoms with E-state index in [0.717, 1.165) is 31.2 Å². The predicted molar refractivity (Wildman–Crippen MR) is 160 cm³/mol. The highest BCUT2D eigenvalue weighted by molar-refractivity contribution is 6.05. The Bertz CT molecular complexity index is 1150. The molecule has 1 saturated heterocycles. The number of ether oxygens (including phenoxy) is 1. The monoisotopic (exact) mass is 548 g/mol. The van der Waals surface area contributed by atoms with Gasteiger partial charge in [0.2, 0.25) is 11.8 Å². The molecule has 2 aliphatic rings. The first-order valence-electron chi connectivity index (χ1n) is 14.8. The van der Waals surface area contributed by atoms with E-state index >= 15 is 0 Å².